The molecule has 0 aromatic rings. The molecule has 4 heteroatoms. The molecule has 0 aromatic heterocycles. The largest absolute Gasteiger partial charge is 0.366 e. The van der Waals surface area contributed by atoms with Crippen molar-refractivity contribution in [1.82, 2.24) is 4.90 Å². The zero-order valence-corrected chi connectivity index (χ0v) is 8.32. The van der Waals surface area contributed by atoms with Crippen LogP contribution < -0.4 is 5.73 Å². The molecule has 0 atom stereocenters. The monoisotopic (exact) mass is 191 g/mol. The van der Waals surface area contributed by atoms with Crippen LogP contribution in [0.25, 0.3) is 0 Å². The van der Waals surface area contributed by atoms with Crippen molar-refractivity contribution in [1.29, 1.82) is 0 Å². The smallest absolute Gasteiger partial charge is 0.245 e. The number of hydrogen-bond acceptors (Lipinski definition) is 3. The van der Waals surface area contributed by atoms with Crippen molar-refractivity contribution in [3.63, 3.8) is 0 Å². The lowest BCUT2D eigenvalue weighted by molar-refractivity contribution is -0.113. The van der Waals surface area contributed by atoms with Crippen molar-refractivity contribution in [3.05, 3.63) is 36.4 Å². The standard InChI is InChI=1S/C10H13N3O/c1-4-13-8(3)5-7(2)12-10(13)6-9(11)14/h4-6H,1H2,2-3H3,(H2,11,14)/b10-6+. The molecular formula is C10H13N3O. The maximum Gasteiger partial charge on any atom is 0.245 e. The summed E-state index contributed by atoms with van der Waals surface area (Å²) in [7, 11) is 0. The van der Waals surface area contributed by atoms with E-state index >= 15 is 0 Å². The Balaban J connectivity index is 3.12. The van der Waals surface area contributed by atoms with Gasteiger partial charge in [0.2, 0.25) is 5.91 Å². The Kier molecular flexibility index (Phi) is 2.86. The molecule has 0 saturated carbocycles. The Morgan fingerprint density at radius 2 is 2.29 bits per heavy atom. The maximum atomic E-state index is 10.7. The van der Waals surface area contributed by atoms with Gasteiger partial charge in [0.05, 0.1) is 0 Å². The second-order valence-electron chi connectivity index (χ2n) is 3.00. The van der Waals surface area contributed by atoms with E-state index in [1.54, 1.807) is 11.1 Å². The number of hydrogen-bond donors (Lipinski definition) is 1. The molecule has 0 spiro atoms. The molecule has 0 unspecified atom stereocenters. The number of nitrogens with two attached hydrogens (primary N) is 1. The fourth-order valence-electron chi connectivity index (χ4n) is 1.29. The van der Waals surface area contributed by atoms with E-state index in [2.05, 4.69) is 11.6 Å². The normalized spacial score (nSPS) is 19.0. The highest BCUT2D eigenvalue weighted by Gasteiger charge is 2.13. The van der Waals surface area contributed by atoms with Crippen LogP contribution in [0.15, 0.2) is 41.4 Å². The molecule has 74 valence electrons. The van der Waals surface area contributed by atoms with Crippen molar-refractivity contribution in [2.45, 2.75) is 13.8 Å². The van der Waals surface area contributed by atoms with Gasteiger partial charge in [-0.2, -0.15) is 0 Å². The van der Waals surface area contributed by atoms with Gasteiger partial charge in [0.25, 0.3) is 0 Å². The third-order valence-corrected chi connectivity index (χ3v) is 1.79. The molecular weight excluding hydrogens is 178 g/mol. The van der Waals surface area contributed by atoms with Gasteiger partial charge in [-0.25, -0.2) is 4.99 Å². The highest BCUT2D eigenvalue weighted by atomic mass is 16.1. The SMILES string of the molecule is C=CN1C(C)=CC(C)=N/C1=C\C(N)=O. The third-order valence-electron chi connectivity index (χ3n) is 1.79. The summed E-state index contributed by atoms with van der Waals surface area (Å²) in [5, 5.41) is 0. The zero-order valence-electron chi connectivity index (χ0n) is 8.32. The van der Waals surface area contributed by atoms with Crippen LogP contribution in [-0.2, 0) is 4.79 Å². The van der Waals surface area contributed by atoms with Crippen molar-refractivity contribution < 1.29 is 4.79 Å². The van der Waals surface area contributed by atoms with E-state index in [-0.39, 0.29) is 0 Å². The lowest BCUT2D eigenvalue weighted by Crippen LogP contribution is -2.20. The van der Waals surface area contributed by atoms with Crippen molar-refractivity contribution in [2.75, 3.05) is 0 Å². The van der Waals surface area contributed by atoms with E-state index in [1.807, 2.05) is 19.9 Å². The number of primary amides is 1. The van der Waals surface area contributed by atoms with Crippen molar-refractivity contribution >= 4 is 11.6 Å². The number of nitrogens with zero attached hydrogens (tertiary/aromatic N) is 2. The summed E-state index contributed by atoms with van der Waals surface area (Å²) in [5.74, 6) is -0.0110. The lowest BCUT2D eigenvalue weighted by Gasteiger charge is -2.24. The first-order chi connectivity index (χ1) is 6.54. The molecule has 2 N–H and O–H groups in total. The third kappa shape index (κ3) is 2.10. The van der Waals surface area contributed by atoms with Gasteiger partial charge in [-0.15, -0.1) is 0 Å². The summed E-state index contributed by atoms with van der Waals surface area (Å²) in [5.41, 5.74) is 6.87. The summed E-state index contributed by atoms with van der Waals surface area (Å²) < 4.78 is 0. The molecule has 1 amide bonds. The van der Waals surface area contributed by atoms with E-state index in [1.165, 1.54) is 6.08 Å². The van der Waals surface area contributed by atoms with Crippen LogP contribution in [0.2, 0.25) is 0 Å². The molecule has 0 aliphatic carbocycles. The van der Waals surface area contributed by atoms with E-state index < -0.39 is 5.91 Å². The van der Waals surface area contributed by atoms with Crippen molar-refractivity contribution in [2.24, 2.45) is 10.7 Å². The fourth-order valence-corrected chi connectivity index (χ4v) is 1.29. The number of rotatable bonds is 2. The number of carbonyl (C=O) groups excluding carboxylic acids is 1. The average molecular weight is 191 g/mol. The number of aliphatic imine (C=N–C) groups is 1. The van der Waals surface area contributed by atoms with Crippen LogP contribution in [0, 0.1) is 0 Å². The highest BCUT2D eigenvalue weighted by Crippen LogP contribution is 2.19. The van der Waals surface area contributed by atoms with Gasteiger partial charge in [0.15, 0.2) is 0 Å². The van der Waals surface area contributed by atoms with Crippen LogP contribution in [-0.4, -0.2) is 16.5 Å². The number of amides is 1. The molecule has 1 rings (SSSR count). The van der Waals surface area contributed by atoms with E-state index in [0.29, 0.717) is 5.82 Å². The topological polar surface area (TPSA) is 58.7 Å². The molecule has 0 fully saturated rings. The molecule has 1 aliphatic rings. The molecule has 0 radical (unpaired) electrons. The highest BCUT2D eigenvalue weighted by molar-refractivity contribution is 5.96. The van der Waals surface area contributed by atoms with Crippen LogP contribution in [0.3, 0.4) is 0 Å². The van der Waals surface area contributed by atoms with Crippen LogP contribution in [0.5, 0.6) is 0 Å². The van der Waals surface area contributed by atoms with Gasteiger partial charge in [0, 0.05) is 23.7 Å². The molecule has 0 saturated heterocycles. The Labute approximate surface area is 83.1 Å². The number of carbonyl (C=O) groups is 1. The minimum Gasteiger partial charge on any atom is -0.366 e. The van der Waals surface area contributed by atoms with Gasteiger partial charge >= 0.3 is 0 Å². The number of allylic oxidation sites excluding steroid dienone is 2. The van der Waals surface area contributed by atoms with Gasteiger partial charge in [-0.3, -0.25) is 4.79 Å². The first kappa shape index (κ1) is 10.2. The molecule has 14 heavy (non-hydrogen) atoms. The molecule has 0 aromatic carbocycles. The Morgan fingerprint density at radius 1 is 1.64 bits per heavy atom. The van der Waals surface area contributed by atoms with Gasteiger partial charge < -0.3 is 10.6 Å². The van der Waals surface area contributed by atoms with Gasteiger partial charge in [0.1, 0.15) is 5.82 Å². The molecule has 1 heterocycles. The van der Waals surface area contributed by atoms with Gasteiger partial charge in [-0.05, 0) is 19.9 Å². The minimum absolute atomic E-state index is 0.505. The summed E-state index contributed by atoms with van der Waals surface area (Å²) in [6.07, 6.45) is 4.78. The first-order valence-corrected chi connectivity index (χ1v) is 4.21. The predicted molar refractivity (Wildman–Crippen MR) is 56.2 cm³/mol. The summed E-state index contributed by atoms with van der Waals surface area (Å²) in [6, 6.07) is 0. The zero-order chi connectivity index (χ0) is 10.7. The second kappa shape index (κ2) is 3.91. The van der Waals surface area contributed by atoms with Crippen LogP contribution in [0.4, 0.5) is 0 Å². The summed E-state index contributed by atoms with van der Waals surface area (Å²) >= 11 is 0. The van der Waals surface area contributed by atoms with E-state index in [9.17, 15) is 4.79 Å². The summed E-state index contributed by atoms with van der Waals surface area (Å²) in [6.45, 7) is 7.41. The molecule has 1 aliphatic heterocycles. The Morgan fingerprint density at radius 3 is 2.79 bits per heavy atom. The quantitative estimate of drug-likeness (QED) is 0.665. The first-order valence-electron chi connectivity index (χ1n) is 4.21. The fraction of sp³-hybridized carbons (Fsp3) is 0.200. The van der Waals surface area contributed by atoms with Gasteiger partial charge in [-0.1, -0.05) is 6.58 Å². The summed E-state index contributed by atoms with van der Waals surface area (Å²) in [4.78, 5) is 16.6. The molecule has 0 bridgehead atoms. The Hall–Kier alpha value is -1.84. The van der Waals surface area contributed by atoms with Crippen LogP contribution in [0.1, 0.15) is 13.8 Å². The lowest BCUT2D eigenvalue weighted by atomic mass is 10.2. The van der Waals surface area contributed by atoms with Crippen molar-refractivity contribution in [3.8, 4) is 0 Å². The van der Waals surface area contributed by atoms with E-state index in [0.717, 1.165) is 11.4 Å². The van der Waals surface area contributed by atoms with Crippen LogP contribution >= 0.6 is 0 Å². The predicted octanol–water partition coefficient (Wildman–Crippen LogP) is 1.14. The Bertz CT molecular complexity index is 364. The van der Waals surface area contributed by atoms with E-state index in [4.69, 9.17) is 5.73 Å². The average Bonchev–Trinajstić information content (AvgIpc) is 2.01. The second-order valence-corrected chi connectivity index (χ2v) is 3.00. The molecule has 4 nitrogen and oxygen atoms in total. The minimum atomic E-state index is -0.516. The maximum absolute atomic E-state index is 10.7.